The third kappa shape index (κ3) is 2.53. The molecule has 0 fully saturated rings. The lowest BCUT2D eigenvalue weighted by Crippen LogP contribution is -2.11. The fourth-order valence-electron chi connectivity index (χ4n) is 1.57. The topological polar surface area (TPSA) is 38.2 Å². The van der Waals surface area contributed by atoms with Gasteiger partial charge in [-0.1, -0.05) is 0 Å². The monoisotopic (exact) mass is 229 g/mol. The molecule has 2 rings (SSSR count). The van der Waals surface area contributed by atoms with Gasteiger partial charge in [0.25, 0.3) is 0 Å². The van der Waals surface area contributed by atoms with E-state index in [0.717, 1.165) is 23.1 Å². The van der Waals surface area contributed by atoms with E-state index < -0.39 is 0 Å². The van der Waals surface area contributed by atoms with Gasteiger partial charge in [-0.15, -0.1) is 0 Å². The van der Waals surface area contributed by atoms with Gasteiger partial charge >= 0.3 is 0 Å². The van der Waals surface area contributed by atoms with Crippen LogP contribution in [0, 0.1) is 6.92 Å². The molecule has 0 spiro atoms. The van der Waals surface area contributed by atoms with Crippen LogP contribution < -0.4 is 9.64 Å². The van der Waals surface area contributed by atoms with Crippen molar-refractivity contribution in [3.05, 3.63) is 42.4 Å². The number of aryl methyl sites for hydroxylation is 1. The number of benzene rings is 1. The first kappa shape index (κ1) is 11.4. The minimum absolute atomic E-state index is 0.767. The lowest BCUT2D eigenvalue weighted by atomic mass is 10.3. The Morgan fingerprint density at radius 3 is 2.41 bits per heavy atom. The summed E-state index contributed by atoms with van der Waals surface area (Å²) >= 11 is 0. The van der Waals surface area contributed by atoms with E-state index in [1.165, 1.54) is 0 Å². The quantitative estimate of drug-likeness (QED) is 0.810. The highest BCUT2D eigenvalue weighted by atomic mass is 16.5. The molecule has 0 radical (unpaired) electrons. The number of ether oxygens (including phenoxy) is 1. The summed E-state index contributed by atoms with van der Waals surface area (Å²) in [6, 6.07) is 9.74. The van der Waals surface area contributed by atoms with Crippen molar-refractivity contribution < 1.29 is 4.74 Å². The maximum atomic E-state index is 5.13. The Morgan fingerprint density at radius 1 is 1.12 bits per heavy atom. The van der Waals surface area contributed by atoms with Gasteiger partial charge in [0.1, 0.15) is 17.4 Å². The molecule has 17 heavy (non-hydrogen) atoms. The van der Waals surface area contributed by atoms with E-state index >= 15 is 0 Å². The van der Waals surface area contributed by atoms with Crippen molar-refractivity contribution in [2.75, 3.05) is 19.1 Å². The van der Waals surface area contributed by atoms with Crippen molar-refractivity contribution in [3.8, 4) is 5.75 Å². The molecule has 1 aromatic carbocycles. The molecule has 4 heteroatoms. The third-order valence-electron chi connectivity index (χ3n) is 2.56. The number of nitrogens with zero attached hydrogens (tertiary/aromatic N) is 3. The molecule has 1 heterocycles. The lowest BCUT2D eigenvalue weighted by molar-refractivity contribution is 0.415. The Balaban J connectivity index is 2.27. The summed E-state index contributed by atoms with van der Waals surface area (Å²) in [5, 5.41) is 0. The molecule has 0 bridgehead atoms. The molecular formula is C13H15N3O. The van der Waals surface area contributed by atoms with Crippen LogP contribution in [0.15, 0.2) is 36.5 Å². The molecule has 0 unspecified atom stereocenters. The number of methoxy groups -OCH3 is 1. The van der Waals surface area contributed by atoms with Gasteiger partial charge in [-0.25, -0.2) is 9.97 Å². The van der Waals surface area contributed by atoms with Crippen LogP contribution in [0.25, 0.3) is 0 Å². The first-order valence-corrected chi connectivity index (χ1v) is 5.38. The summed E-state index contributed by atoms with van der Waals surface area (Å²) in [4.78, 5) is 10.5. The van der Waals surface area contributed by atoms with Crippen LogP contribution in [-0.2, 0) is 0 Å². The van der Waals surface area contributed by atoms with E-state index in [9.17, 15) is 0 Å². The Bertz CT molecular complexity index is 496. The zero-order valence-electron chi connectivity index (χ0n) is 10.2. The lowest BCUT2D eigenvalue weighted by Gasteiger charge is -2.18. The van der Waals surface area contributed by atoms with Crippen LogP contribution >= 0.6 is 0 Å². The van der Waals surface area contributed by atoms with Crippen molar-refractivity contribution in [2.24, 2.45) is 0 Å². The molecule has 88 valence electrons. The summed E-state index contributed by atoms with van der Waals surface area (Å²) < 4.78 is 5.13. The Kier molecular flexibility index (Phi) is 3.23. The maximum Gasteiger partial charge on any atom is 0.136 e. The molecular weight excluding hydrogens is 214 g/mol. The van der Waals surface area contributed by atoms with Gasteiger partial charge in [-0.2, -0.15) is 0 Å². The summed E-state index contributed by atoms with van der Waals surface area (Å²) in [6.45, 7) is 1.88. The fourth-order valence-corrected chi connectivity index (χ4v) is 1.57. The molecule has 0 saturated heterocycles. The predicted octanol–water partition coefficient (Wildman–Crippen LogP) is 2.56. The molecule has 4 nitrogen and oxygen atoms in total. The van der Waals surface area contributed by atoms with Gasteiger partial charge in [0, 0.05) is 18.9 Å². The zero-order chi connectivity index (χ0) is 12.3. The summed E-state index contributed by atoms with van der Waals surface area (Å²) in [5.74, 6) is 2.49. The summed E-state index contributed by atoms with van der Waals surface area (Å²) in [7, 11) is 3.64. The van der Waals surface area contributed by atoms with Crippen LogP contribution in [0.2, 0.25) is 0 Å². The van der Waals surface area contributed by atoms with E-state index in [1.807, 2.05) is 49.2 Å². The van der Waals surface area contributed by atoms with Gasteiger partial charge in [-0.3, -0.25) is 0 Å². The summed E-state index contributed by atoms with van der Waals surface area (Å²) in [6.07, 6.45) is 1.76. The molecule has 0 amide bonds. The number of hydrogen-bond donors (Lipinski definition) is 0. The van der Waals surface area contributed by atoms with Crippen molar-refractivity contribution in [1.82, 2.24) is 9.97 Å². The summed E-state index contributed by atoms with van der Waals surface area (Å²) in [5.41, 5.74) is 1.06. The largest absolute Gasteiger partial charge is 0.497 e. The minimum Gasteiger partial charge on any atom is -0.497 e. The first-order chi connectivity index (χ1) is 8.20. The van der Waals surface area contributed by atoms with Gasteiger partial charge in [0.15, 0.2) is 0 Å². The second-order valence-electron chi connectivity index (χ2n) is 3.72. The number of rotatable bonds is 3. The Morgan fingerprint density at radius 2 is 1.82 bits per heavy atom. The van der Waals surface area contributed by atoms with Crippen LogP contribution in [-0.4, -0.2) is 24.1 Å². The van der Waals surface area contributed by atoms with Crippen molar-refractivity contribution in [2.45, 2.75) is 6.92 Å². The molecule has 0 aliphatic heterocycles. The van der Waals surface area contributed by atoms with Gasteiger partial charge < -0.3 is 9.64 Å². The number of aromatic nitrogens is 2. The average molecular weight is 229 g/mol. The van der Waals surface area contributed by atoms with E-state index in [4.69, 9.17) is 4.74 Å². The maximum absolute atomic E-state index is 5.13. The smallest absolute Gasteiger partial charge is 0.136 e. The predicted molar refractivity (Wildman–Crippen MR) is 67.8 cm³/mol. The second kappa shape index (κ2) is 4.82. The van der Waals surface area contributed by atoms with Crippen LogP contribution in [0.1, 0.15) is 5.82 Å². The van der Waals surface area contributed by atoms with Gasteiger partial charge in [0.2, 0.25) is 0 Å². The number of anilines is 2. The highest BCUT2D eigenvalue weighted by Gasteiger charge is 2.05. The van der Waals surface area contributed by atoms with Crippen molar-refractivity contribution in [1.29, 1.82) is 0 Å². The SMILES string of the molecule is COc1ccc(N(C)c2ccnc(C)n2)cc1. The van der Waals surface area contributed by atoms with Crippen LogP contribution in [0.3, 0.4) is 0 Å². The molecule has 2 aromatic rings. The van der Waals surface area contributed by atoms with E-state index in [0.29, 0.717) is 0 Å². The number of hydrogen-bond acceptors (Lipinski definition) is 4. The molecule has 0 atom stereocenters. The molecule has 0 N–H and O–H groups in total. The van der Waals surface area contributed by atoms with Crippen LogP contribution in [0.4, 0.5) is 11.5 Å². The highest BCUT2D eigenvalue weighted by molar-refractivity contribution is 5.59. The molecule has 0 aliphatic rings. The van der Waals surface area contributed by atoms with Gasteiger partial charge in [-0.05, 0) is 37.3 Å². The van der Waals surface area contributed by atoms with Crippen molar-refractivity contribution >= 4 is 11.5 Å². The van der Waals surface area contributed by atoms with Crippen molar-refractivity contribution in [3.63, 3.8) is 0 Å². The standard InChI is InChI=1S/C13H15N3O/c1-10-14-9-8-13(15-10)16(2)11-4-6-12(17-3)7-5-11/h4-9H,1-3H3. The van der Waals surface area contributed by atoms with Crippen LogP contribution in [0.5, 0.6) is 5.75 Å². The second-order valence-corrected chi connectivity index (χ2v) is 3.72. The molecule has 0 saturated carbocycles. The fraction of sp³-hybridized carbons (Fsp3) is 0.231. The Hall–Kier alpha value is -2.10. The average Bonchev–Trinajstić information content (AvgIpc) is 2.38. The third-order valence-corrected chi connectivity index (χ3v) is 2.56. The molecule has 0 aliphatic carbocycles. The van der Waals surface area contributed by atoms with E-state index in [1.54, 1.807) is 13.3 Å². The highest BCUT2D eigenvalue weighted by Crippen LogP contribution is 2.23. The minimum atomic E-state index is 0.767. The Labute approximate surface area is 101 Å². The first-order valence-electron chi connectivity index (χ1n) is 5.38. The van der Waals surface area contributed by atoms with E-state index in [2.05, 4.69) is 9.97 Å². The van der Waals surface area contributed by atoms with E-state index in [-0.39, 0.29) is 0 Å². The van der Waals surface area contributed by atoms with Gasteiger partial charge in [0.05, 0.1) is 7.11 Å². The molecule has 1 aromatic heterocycles. The normalized spacial score (nSPS) is 10.1. The zero-order valence-corrected chi connectivity index (χ0v) is 10.2.